The SMILES string of the molecule is Fc1ccc(Cl)c(CNc2cc(Br)ccc2Cl)c1. The molecule has 0 saturated heterocycles. The van der Waals surface area contributed by atoms with Crippen LogP contribution in [0.4, 0.5) is 10.1 Å². The molecular weight excluding hydrogens is 340 g/mol. The second-order valence-corrected chi connectivity index (χ2v) is 5.44. The number of benzene rings is 2. The molecule has 1 nitrogen and oxygen atoms in total. The number of hydrogen-bond donors (Lipinski definition) is 1. The Kier molecular flexibility index (Phi) is 4.49. The Morgan fingerprint density at radius 3 is 2.56 bits per heavy atom. The molecule has 2 rings (SSSR count). The van der Waals surface area contributed by atoms with Crippen molar-refractivity contribution in [1.82, 2.24) is 0 Å². The Balaban J connectivity index is 2.16. The lowest BCUT2D eigenvalue weighted by atomic mass is 10.2. The molecule has 0 spiro atoms. The molecule has 2 aromatic rings. The maximum absolute atomic E-state index is 13.1. The second kappa shape index (κ2) is 5.91. The van der Waals surface area contributed by atoms with Gasteiger partial charge in [0.2, 0.25) is 0 Å². The normalized spacial score (nSPS) is 10.4. The van der Waals surface area contributed by atoms with Gasteiger partial charge in [-0.3, -0.25) is 0 Å². The van der Waals surface area contributed by atoms with Gasteiger partial charge >= 0.3 is 0 Å². The van der Waals surface area contributed by atoms with E-state index < -0.39 is 0 Å². The van der Waals surface area contributed by atoms with Gasteiger partial charge in [0.25, 0.3) is 0 Å². The summed E-state index contributed by atoms with van der Waals surface area (Å²) in [6.45, 7) is 0.409. The molecule has 0 aliphatic carbocycles. The van der Waals surface area contributed by atoms with E-state index in [1.165, 1.54) is 18.2 Å². The predicted molar refractivity (Wildman–Crippen MR) is 77.9 cm³/mol. The van der Waals surface area contributed by atoms with Gasteiger partial charge in [0.15, 0.2) is 0 Å². The number of anilines is 1. The number of hydrogen-bond acceptors (Lipinski definition) is 1. The fraction of sp³-hybridized carbons (Fsp3) is 0.0769. The first-order valence-corrected chi connectivity index (χ1v) is 6.74. The summed E-state index contributed by atoms with van der Waals surface area (Å²) in [4.78, 5) is 0. The van der Waals surface area contributed by atoms with Crippen LogP contribution in [0.2, 0.25) is 10.0 Å². The van der Waals surface area contributed by atoms with E-state index in [1.54, 1.807) is 6.07 Å². The van der Waals surface area contributed by atoms with Crippen molar-refractivity contribution < 1.29 is 4.39 Å². The zero-order chi connectivity index (χ0) is 13.1. The first-order valence-electron chi connectivity index (χ1n) is 5.19. The van der Waals surface area contributed by atoms with Gasteiger partial charge in [-0.05, 0) is 42.0 Å². The fourth-order valence-corrected chi connectivity index (χ4v) is 2.23. The van der Waals surface area contributed by atoms with Crippen LogP contribution < -0.4 is 5.32 Å². The Morgan fingerprint density at radius 2 is 1.78 bits per heavy atom. The lowest BCUT2D eigenvalue weighted by molar-refractivity contribution is 0.626. The lowest BCUT2D eigenvalue weighted by Gasteiger charge is -2.10. The Labute approximate surface area is 123 Å². The highest BCUT2D eigenvalue weighted by Crippen LogP contribution is 2.27. The molecular formula is C13H9BrCl2FN. The molecule has 0 amide bonds. The van der Waals surface area contributed by atoms with E-state index in [0.717, 1.165) is 10.2 Å². The maximum atomic E-state index is 13.1. The smallest absolute Gasteiger partial charge is 0.123 e. The summed E-state index contributed by atoms with van der Waals surface area (Å²) in [5, 5.41) is 4.25. The van der Waals surface area contributed by atoms with Crippen LogP contribution in [-0.2, 0) is 6.54 Å². The molecule has 0 aliphatic rings. The van der Waals surface area contributed by atoms with Crippen molar-refractivity contribution >= 4 is 44.8 Å². The van der Waals surface area contributed by atoms with Gasteiger partial charge < -0.3 is 5.32 Å². The van der Waals surface area contributed by atoms with E-state index in [0.29, 0.717) is 22.2 Å². The molecule has 0 heterocycles. The molecule has 1 N–H and O–H groups in total. The van der Waals surface area contributed by atoms with Crippen molar-refractivity contribution in [2.75, 3.05) is 5.32 Å². The minimum Gasteiger partial charge on any atom is -0.380 e. The number of halogens is 4. The molecule has 94 valence electrons. The van der Waals surface area contributed by atoms with Gasteiger partial charge in [-0.25, -0.2) is 4.39 Å². The topological polar surface area (TPSA) is 12.0 Å². The highest BCUT2D eigenvalue weighted by Gasteiger charge is 2.04. The predicted octanol–water partition coefficient (Wildman–Crippen LogP) is 5.51. The third-order valence-corrected chi connectivity index (χ3v) is 3.60. The van der Waals surface area contributed by atoms with Crippen molar-refractivity contribution in [3.05, 3.63) is 62.3 Å². The molecule has 0 fully saturated rings. The van der Waals surface area contributed by atoms with E-state index in [1.807, 2.05) is 12.1 Å². The summed E-state index contributed by atoms with van der Waals surface area (Å²) in [5.41, 5.74) is 1.46. The largest absolute Gasteiger partial charge is 0.380 e. The first-order chi connectivity index (χ1) is 8.56. The molecule has 0 aromatic heterocycles. The summed E-state index contributed by atoms with van der Waals surface area (Å²) in [7, 11) is 0. The zero-order valence-corrected chi connectivity index (χ0v) is 12.3. The lowest BCUT2D eigenvalue weighted by Crippen LogP contribution is -2.01. The molecule has 18 heavy (non-hydrogen) atoms. The summed E-state index contributed by atoms with van der Waals surface area (Å²) in [6.07, 6.45) is 0. The highest BCUT2D eigenvalue weighted by atomic mass is 79.9. The van der Waals surface area contributed by atoms with Crippen LogP contribution in [0.15, 0.2) is 40.9 Å². The maximum Gasteiger partial charge on any atom is 0.123 e. The third kappa shape index (κ3) is 3.37. The van der Waals surface area contributed by atoms with Crippen molar-refractivity contribution in [2.45, 2.75) is 6.54 Å². The Hall–Kier alpha value is -0.770. The minimum absolute atomic E-state index is 0.309. The van der Waals surface area contributed by atoms with Crippen LogP contribution in [0, 0.1) is 5.82 Å². The van der Waals surface area contributed by atoms with Crippen LogP contribution in [0.3, 0.4) is 0 Å². The van der Waals surface area contributed by atoms with Crippen molar-refractivity contribution in [2.24, 2.45) is 0 Å². The van der Waals surface area contributed by atoms with E-state index in [2.05, 4.69) is 21.2 Å². The van der Waals surface area contributed by atoms with E-state index in [-0.39, 0.29) is 5.82 Å². The van der Waals surface area contributed by atoms with Crippen LogP contribution in [0.1, 0.15) is 5.56 Å². The van der Waals surface area contributed by atoms with E-state index in [4.69, 9.17) is 23.2 Å². The molecule has 0 unspecified atom stereocenters. The molecule has 2 aromatic carbocycles. The highest BCUT2D eigenvalue weighted by molar-refractivity contribution is 9.10. The average Bonchev–Trinajstić information content (AvgIpc) is 2.34. The standard InChI is InChI=1S/C13H9BrCl2FN/c14-9-1-3-12(16)13(6-9)18-7-8-5-10(17)2-4-11(8)15/h1-6,18H,7H2. The van der Waals surface area contributed by atoms with E-state index in [9.17, 15) is 4.39 Å². The average molecular weight is 349 g/mol. The van der Waals surface area contributed by atoms with Crippen LogP contribution in [0.5, 0.6) is 0 Å². The zero-order valence-electron chi connectivity index (χ0n) is 9.18. The molecule has 0 atom stereocenters. The fourth-order valence-electron chi connectivity index (χ4n) is 1.50. The summed E-state index contributed by atoms with van der Waals surface area (Å²) >= 11 is 15.4. The molecule has 0 radical (unpaired) electrons. The van der Waals surface area contributed by atoms with Gasteiger partial charge in [0.05, 0.1) is 10.7 Å². The molecule has 0 bridgehead atoms. The Bertz CT molecular complexity index is 523. The van der Waals surface area contributed by atoms with Gasteiger partial charge in [0.1, 0.15) is 5.82 Å². The molecule has 5 heteroatoms. The summed E-state index contributed by atoms with van der Waals surface area (Å²) < 4.78 is 14.0. The van der Waals surface area contributed by atoms with Crippen LogP contribution in [0.25, 0.3) is 0 Å². The van der Waals surface area contributed by atoms with Crippen molar-refractivity contribution in [3.8, 4) is 0 Å². The summed E-state index contributed by atoms with van der Waals surface area (Å²) in [5.74, 6) is -0.309. The molecule has 0 saturated carbocycles. The van der Waals surface area contributed by atoms with Crippen molar-refractivity contribution in [3.63, 3.8) is 0 Å². The first kappa shape index (κ1) is 13.7. The monoisotopic (exact) mass is 347 g/mol. The second-order valence-electron chi connectivity index (χ2n) is 3.71. The van der Waals surface area contributed by atoms with Crippen molar-refractivity contribution in [1.29, 1.82) is 0 Å². The minimum atomic E-state index is -0.309. The van der Waals surface area contributed by atoms with Gasteiger partial charge in [-0.2, -0.15) is 0 Å². The van der Waals surface area contributed by atoms with Gasteiger partial charge in [-0.1, -0.05) is 39.1 Å². The molecule has 0 aliphatic heterocycles. The summed E-state index contributed by atoms with van der Waals surface area (Å²) in [6, 6.07) is 9.76. The number of nitrogens with one attached hydrogen (secondary N) is 1. The third-order valence-electron chi connectivity index (χ3n) is 2.41. The van der Waals surface area contributed by atoms with Gasteiger partial charge in [-0.15, -0.1) is 0 Å². The van der Waals surface area contributed by atoms with Crippen LogP contribution >= 0.6 is 39.1 Å². The van der Waals surface area contributed by atoms with Gasteiger partial charge in [0, 0.05) is 16.0 Å². The van der Waals surface area contributed by atoms with E-state index >= 15 is 0 Å². The van der Waals surface area contributed by atoms with Crippen LogP contribution in [-0.4, -0.2) is 0 Å². The number of rotatable bonds is 3. The Morgan fingerprint density at radius 1 is 1.06 bits per heavy atom. The quantitative estimate of drug-likeness (QED) is 0.771.